The summed E-state index contributed by atoms with van der Waals surface area (Å²) in [4.78, 5) is 26.2. The minimum absolute atomic E-state index is 0.177. The molecule has 22 heavy (non-hydrogen) atoms. The molecular formula is C15H22N4O3. The van der Waals surface area contributed by atoms with Gasteiger partial charge in [-0.15, -0.1) is 0 Å². The molecule has 7 nitrogen and oxygen atoms in total. The highest BCUT2D eigenvalue weighted by molar-refractivity contribution is 5.91. The van der Waals surface area contributed by atoms with Gasteiger partial charge in [-0.2, -0.15) is 5.10 Å². The fraction of sp³-hybridized carbons (Fsp3) is 0.667. The summed E-state index contributed by atoms with van der Waals surface area (Å²) in [6.07, 6.45) is 5.37. The third kappa shape index (κ3) is 2.61. The maximum atomic E-state index is 12.9. The van der Waals surface area contributed by atoms with E-state index in [1.54, 1.807) is 16.2 Å². The molecule has 120 valence electrons. The number of nitrogens with zero attached hydrogens (tertiary/aromatic N) is 3. The van der Waals surface area contributed by atoms with Crippen molar-refractivity contribution in [1.82, 2.24) is 20.2 Å². The molecule has 1 aromatic rings. The Morgan fingerprint density at radius 1 is 1.27 bits per heavy atom. The minimum Gasteiger partial charge on any atom is -0.334 e. The molecule has 0 saturated heterocycles. The average Bonchev–Trinajstić information content (AvgIpc) is 2.97. The Bertz CT molecular complexity index is 590. The van der Waals surface area contributed by atoms with Gasteiger partial charge in [-0.25, -0.2) is 5.48 Å². The number of hydrogen-bond donors (Lipinski definition) is 2. The van der Waals surface area contributed by atoms with Gasteiger partial charge >= 0.3 is 0 Å². The van der Waals surface area contributed by atoms with Gasteiger partial charge < -0.3 is 4.90 Å². The Balaban J connectivity index is 1.75. The van der Waals surface area contributed by atoms with Crippen LogP contribution in [0.4, 0.5) is 0 Å². The molecule has 0 radical (unpaired) electrons. The highest BCUT2D eigenvalue weighted by Gasteiger charge is 2.38. The molecule has 0 aromatic carbocycles. The zero-order chi connectivity index (χ0) is 15.7. The Kier molecular flexibility index (Phi) is 3.90. The van der Waals surface area contributed by atoms with Crippen LogP contribution in [0.5, 0.6) is 0 Å². The van der Waals surface area contributed by atoms with Crippen LogP contribution >= 0.6 is 0 Å². The van der Waals surface area contributed by atoms with E-state index >= 15 is 0 Å². The summed E-state index contributed by atoms with van der Waals surface area (Å²) in [5, 5.41) is 12.8. The molecular weight excluding hydrogens is 284 g/mol. The van der Waals surface area contributed by atoms with E-state index in [1.165, 1.54) is 6.42 Å². The normalized spacial score (nSPS) is 20.4. The van der Waals surface area contributed by atoms with E-state index in [9.17, 15) is 9.59 Å². The molecule has 3 rings (SSSR count). The zero-order valence-corrected chi connectivity index (χ0v) is 12.8. The first kappa shape index (κ1) is 15.0. The molecule has 1 aliphatic heterocycles. The van der Waals surface area contributed by atoms with Gasteiger partial charge in [0, 0.05) is 12.0 Å². The maximum Gasteiger partial charge on any atom is 0.295 e. The van der Waals surface area contributed by atoms with Gasteiger partial charge in [0.1, 0.15) is 0 Å². The van der Waals surface area contributed by atoms with Gasteiger partial charge in [-0.3, -0.25) is 19.5 Å². The number of amides is 2. The topological polar surface area (TPSA) is 87.5 Å². The van der Waals surface area contributed by atoms with Crippen LogP contribution in [0.25, 0.3) is 0 Å². The van der Waals surface area contributed by atoms with E-state index < -0.39 is 5.91 Å². The van der Waals surface area contributed by atoms with Crippen LogP contribution in [0.3, 0.4) is 0 Å². The summed E-state index contributed by atoms with van der Waals surface area (Å²) in [6.45, 7) is 3.74. The van der Waals surface area contributed by atoms with Gasteiger partial charge in [0.25, 0.3) is 5.91 Å². The highest BCUT2D eigenvalue weighted by Crippen LogP contribution is 2.38. The first-order valence-corrected chi connectivity index (χ1v) is 7.84. The van der Waals surface area contributed by atoms with Crippen LogP contribution in [0, 0.1) is 5.41 Å². The van der Waals surface area contributed by atoms with Crippen molar-refractivity contribution in [3.05, 3.63) is 17.5 Å². The Morgan fingerprint density at radius 3 is 2.68 bits per heavy atom. The van der Waals surface area contributed by atoms with Crippen molar-refractivity contribution in [2.45, 2.75) is 52.1 Å². The Labute approximate surface area is 129 Å². The smallest absolute Gasteiger partial charge is 0.295 e. The van der Waals surface area contributed by atoms with E-state index in [4.69, 9.17) is 5.21 Å². The number of hydrogen-bond acceptors (Lipinski definition) is 4. The third-order valence-corrected chi connectivity index (χ3v) is 4.89. The van der Waals surface area contributed by atoms with E-state index in [2.05, 4.69) is 12.0 Å². The van der Waals surface area contributed by atoms with Crippen molar-refractivity contribution in [3.8, 4) is 0 Å². The van der Waals surface area contributed by atoms with Crippen LogP contribution in [0.2, 0.25) is 0 Å². The summed E-state index contributed by atoms with van der Waals surface area (Å²) in [5.74, 6) is -0.410. The first-order valence-electron chi connectivity index (χ1n) is 7.84. The second-order valence-electron chi connectivity index (χ2n) is 6.53. The average molecular weight is 306 g/mol. The highest BCUT2D eigenvalue weighted by atomic mass is 16.5. The van der Waals surface area contributed by atoms with Gasteiger partial charge in [0.2, 0.25) is 5.91 Å². The monoisotopic (exact) mass is 306 g/mol. The van der Waals surface area contributed by atoms with Crippen LogP contribution in [-0.4, -0.2) is 38.2 Å². The molecule has 0 spiro atoms. The Morgan fingerprint density at radius 2 is 2.00 bits per heavy atom. The quantitative estimate of drug-likeness (QED) is 0.637. The van der Waals surface area contributed by atoms with Crippen LogP contribution in [-0.2, 0) is 17.9 Å². The molecule has 1 fully saturated rings. The SMILES string of the molecule is CC1(C(=O)N2CCn3nc(C(=O)NO)cc3C2)CCCCC1. The molecule has 2 amide bonds. The molecule has 2 heterocycles. The van der Waals surface area contributed by atoms with Crippen molar-refractivity contribution >= 4 is 11.8 Å². The summed E-state index contributed by atoms with van der Waals surface area (Å²) in [5.41, 5.74) is 2.35. The number of hydroxylamine groups is 1. The van der Waals surface area contributed by atoms with Crippen molar-refractivity contribution in [2.24, 2.45) is 5.41 Å². The standard InChI is InChI=1S/C15H22N4O3/c1-15(5-3-2-4-6-15)14(21)18-7-8-19-11(10-18)9-12(16-19)13(20)17-22/h9,22H,2-8,10H2,1H3,(H,17,20). The molecule has 1 aliphatic carbocycles. The van der Waals surface area contributed by atoms with Crippen molar-refractivity contribution in [1.29, 1.82) is 0 Å². The minimum atomic E-state index is -0.626. The van der Waals surface area contributed by atoms with Gasteiger partial charge in [-0.05, 0) is 18.9 Å². The van der Waals surface area contributed by atoms with E-state index in [-0.39, 0.29) is 17.0 Å². The third-order valence-electron chi connectivity index (χ3n) is 4.89. The fourth-order valence-corrected chi connectivity index (χ4v) is 3.54. The lowest BCUT2D eigenvalue weighted by molar-refractivity contribution is -0.144. The van der Waals surface area contributed by atoms with Gasteiger partial charge in [-0.1, -0.05) is 26.2 Å². The largest absolute Gasteiger partial charge is 0.334 e. The molecule has 0 bridgehead atoms. The first-order chi connectivity index (χ1) is 10.5. The Hall–Kier alpha value is -1.89. The van der Waals surface area contributed by atoms with Crippen LogP contribution in [0.15, 0.2) is 6.07 Å². The van der Waals surface area contributed by atoms with Crippen LogP contribution in [0.1, 0.15) is 55.2 Å². The summed E-state index contributed by atoms with van der Waals surface area (Å²) >= 11 is 0. The van der Waals surface area contributed by atoms with Crippen molar-refractivity contribution in [3.63, 3.8) is 0 Å². The van der Waals surface area contributed by atoms with Crippen molar-refractivity contribution in [2.75, 3.05) is 6.54 Å². The lowest BCUT2D eigenvalue weighted by Gasteiger charge is -2.38. The number of rotatable bonds is 2. The molecule has 1 aromatic heterocycles. The number of fused-ring (bicyclic) bond motifs is 1. The molecule has 0 unspecified atom stereocenters. The lowest BCUT2D eigenvalue weighted by Crippen LogP contribution is -2.46. The van der Waals surface area contributed by atoms with Gasteiger partial charge in [0.05, 0.1) is 18.8 Å². The molecule has 0 atom stereocenters. The number of carbonyl (C=O) groups excluding carboxylic acids is 2. The lowest BCUT2D eigenvalue weighted by atomic mass is 9.74. The predicted molar refractivity (Wildman–Crippen MR) is 78.1 cm³/mol. The molecule has 2 aliphatic rings. The number of aromatic nitrogens is 2. The van der Waals surface area contributed by atoms with Gasteiger partial charge in [0.15, 0.2) is 5.69 Å². The van der Waals surface area contributed by atoms with E-state index in [0.29, 0.717) is 19.6 Å². The molecule has 1 saturated carbocycles. The summed E-state index contributed by atoms with van der Waals surface area (Å²) < 4.78 is 1.73. The van der Waals surface area contributed by atoms with Crippen molar-refractivity contribution < 1.29 is 14.8 Å². The zero-order valence-electron chi connectivity index (χ0n) is 12.8. The fourth-order valence-electron chi connectivity index (χ4n) is 3.54. The van der Waals surface area contributed by atoms with E-state index in [1.807, 2.05) is 4.90 Å². The van der Waals surface area contributed by atoms with Crippen LogP contribution < -0.4 is 5.48 Å². The van der Waals surface area contributed by atoms with E-state index in [0.717, 1.165) is 31.4 Å². The summed E-state index contributed by atoms with van der Waals surface area (Å²) in [6, 6.07) is 1.63. The second kappa shape index (κ2) is 5.72. The predicted octanol–water partition coefficient (Wildman–Crippen LogP) is 1.31. The second-order valence-corrected chi connectivity index (χ2v) is 6.53. The molecule has 2 N–H and O–H groups in total. The number of carbonyl (C=O) groups is 2. The maximum absolute atomic E-state index is 12.9. The number of nitrogens with one attached hydrogen (secondary N) is 1. The molecule has 7 heteroatoms. The summed E-state index contributed by atoms with van der Waals surface area (Å²) in [7, 11) is 0.